The van der Waals surface area contributed by atoms with Gasteiger partial charge in [0.05, 0.1) is 19.8 Å². The molecule has 4 rings (SSSR count). The Balaban J connectivity index is 1.76. The van der Waals surface area contributed by atoms with Crippen molar-refractivity contribution in [1.82, 2.24) is 0 Å². The Kier molecular flexibility index (Phi) is 4.43. The van der Waals surface area contributed by atoms with Crippen LogP contribution in [0.3, 0.4) is 0 Å². The number of hydrogen-bond donors (Lipinski definition) is 0. The largest absolute Gasteiger partial charge is 0.496 e. The molecule has 0 aromatic heterocycles. The number of ether oxygens (including phenoxy) is 2. The van der Waals surface area contributed by atoms with Gasteiger partial charge in [0.1, 0.15) is 5.75 Å². The van der Waals surface area contributed by atoms with E-state index in [0.29, 0.717) is 0 Å². The SMILES string of the molecule is COc1cc(N2CCOC(C)Cc3cc(C4CC4)ccc32)ccc1C. The Morgan fingerprint density at radius 1 is 1.12 bits per heavy atom. The molecule has 0 radical (unpaired) electrons. The predicted molar refractivity (Wildman–Crippen MR) is 102 cm³/mol. The molecule has 1 unspecified atom stereocenters. The maximum Gasteiger partial charge on any atom is 0.123 e. The number of hydrogen-bond acceptors (Lipinski definition) is 3. The molecule has 1 atom stereocenters. The Bertz CT molecular complexity index is 767. The summed E-state index contributed by atoms with van der Waals surface area (Å²) in [5, 5.41) is 0. The molecule has 132 valence electrons. The first-order valence-corrected chi connectivity index (χ1v) is 9.32. The van der Waals surface area contributed by atoms with Crippen LogP contribution in [-0.4, -0.2) is 26.4 Å². The van der Waals surface area contributed by atoms with Crippen molar-refractivity contribution in [1.29, 1.82) is 0 Å². The van der Waals surface area contributed by atoms with E-state index in [9.17, 15) is 0 Å². The van der Waals surface area contributed by atoms with Crippen molar-refractivity contribution in [3.05, 3.63) is 53.1 Å². The van der Waals surface area contributed by atoms with Crippen LogP contribution in [0.4, 0.5) is 11.4 Å². The quantitative estimate of drug-likeness (QED) is 0.788. The number of anilines is 2. The lowest BCUT2D eigenvalue weighted by atomic mass is 9.99. The van der Waals surface area contributed by atoms with Gasteiger partial charge in [0.15, 0.2) is 0 Å². The van der Waals surface area contributed by atoms with Gasteiger partial charge < -0.3 is 14.4 Å². The lowest BCUT2D eigenvalue weighted by Crippen LogP contribution is -2.29. The van der Waals surface area contributed by atoms with Crippen LogP contribution in [0.15, 0.2) is 36.4 Å². The third-order valence-corrected chi connectivity index (χ3v) is 5.37. The number of benzene rings is 2. The van der Waals surface area contributed by atoms with Gasteiger partial charge in [0.25, 0.3) is 0 Å². The first-order valence-electron chi connectivity index (χ1n) is 9.32. The summed E-state index contributed by atoms with van der Waals surface area (Å²) in [4.78, 5) is 2.37. The van der Waals surface area contributed by atoms with Gasteiger partial charge in [-0.1, -0.05) is 18.2 Å². The Morgan fingerprint density at radius 3 is 2.72 bits per heavy atom. The molecule has 2 aromatic rings. The molecule has 0 N–H and O–H groups in total. The van der Waals surface area contributed by atoms with E-state index in [1.54, 1.807) is 7.11 Å². The fourth-order valence-corrected chi connectivity index (χ4v) is 3.78. The van der Waals surface area contributed by atoms with Crippen LogP contribution < -0.4 is 9.64 Å². The number of aryl methyl sites for hydroxylation is 1. The van der Waals surface area contributed by atoms with Crippen molar-refractivity contribution < 1.29 is 9.47 Å². The van der Waals surface area contributed by atoms with Crippen molar-refractivity contribution in [2.45, 2.75) is 45.1 Å². The fourth-order valence-electron chi connectivity index (χ4n) is 3.78. The van der Waals surface area contributed by atoms with Crippen molar-refractivity contribution in [2.24, 2.45) is 0 Å². The van der Waals surface area contributed by atoms with Crippen molar-refractivity contribution in [3.8, 4) is 5.75 Å². The van der Waals surface area contributed by atoms with E-state index >= 15 is 0 Å². The van der Waals surface area contributed by atoms with Gasteiger partial charge in [0, 0.05) is 30.4 Å². The van der Waals surface area contributed by atoms with E-state index in [0.717, 1.165) is 36.8 Å². The molecule has 25 heavy (non-hydrogen) atoms. The maximum atomic E-state index is 6.01. The van der Waals surface area contributed by atoms with Crippen LogP contribution in [0.2, 0.25) is 0 Å². The molecule has 1 aliphatic heterocycles. The zero-order valence-corrected chi connectivity index (χ0v) is 15.4. The highest BCUT2D eigenvalue weighted by atomic mass is 16.5. The molecule has 1 heterocycles. The average molecular weight is 337 g/mol. The molecular formula is C22H27NO2. The minimum absolute atomic E-state index is 0.267. The van der Waals surface area contributed by atoms with Crippen LogP contribution in [0.5, 0.6) is 5.75 Å². The molecule has 1 aliphatic carbocycles. The molecule has 3 nitrogen and oxygen atoms in total. The summed E-state index contributed by atoms with van der Waals surface area (Å²) in [6.07, 6.45) is 3.91. The molecule has 0 amide bonds. The zero-order valence-electron chi connectivity index (χ0n) is 15.4. The molecule has 1 fully saturated rings. The second kappa shape index (κ2) is 6.72. The van der Waals surface area contributed by atoms with Crippen LogP contribution in [0.1, 0.15) is 42.4 Å². The predicted octanol–water partition coefficient (Wildman–Crippen LogP) is 4.98. The summed E-state index contributed by atoms with van der Waals surface area (Å²) < 4.78 is 11.6. The summed E-state index contributed by atoms with van der Waals surface area (Å²) in [5.41, 5.74) is 6.53. The molecule has 0 saturated heterocycles. The van der Waals surface area contributed by atoms with Crippen molar-refractivity contribution in [3.63, 3.8) is 0 Å². The molecule has 0 spiro atoms. The highest BCUT2D eigenvalue weighted by Crippen LogP contribution is 2.42. The van der Waals surface area contributed by atoms with Gasteiger partial charge in [-0.05, 0) is 61.4 Å². The van der Waals surface area contributed by atoms with E-state index in [4.69, 9.17) is 9.47 Å². The van der Waals surface area contributed by atoms with Crippen LogP contribution in [-0.2, 0) is 11.2 Å². The summed E-state index contributed by atoms with van der Waals surface area (Å²) in [6.45, 7) is 5.85. The molecule has 2 aliphatic rings. The third kappa shape index (κ3) is 3.38. The molecule has 2 aromatic carbocycles. The normalized spacial score (nSPS) is 20.6. The summed E-state index contributed by atoms with van der Waals surface area (Å²) in [7, 11) is 1.74. The van der Waals surface area contributed by atoms with Crippen molar-refractivity contribution >= 4 is 11.4 Å². The summed E-state index contributed by atoms with van der Waals surface area (Å²) in [6, 6.07) is 13.5. The highest BCUT2D eigenvalue weighted by molar-refractivity contribution is 5.69. The second-order valence-electron chi connectivity index (χ2n) is 7.35. The first kappa shape index (κ1) is 16.5. The van der Waals surface area contributed by atoms with Gasteiger partial charge in [-0.2, -0.15) is 0 Å². The molecule has 1 saturated carbocycles. The smallest absolute Gasteiger partial charge is 0.123 e. The van der Waals surface area contributed by atoms with Gasteiger partial charge in [-0.15, -0.1) is 0 Å². The van der Waals surface area contributed by atoms with Crippen LogP contribution in [0, 0.1) is 6.92 Å². The number of fused-ring (bicyclic) bond motifs is 1. The lowest BCUT2D eigenvalue weighted by molar-refractivity contribution is 0.0703. The van der Waals surface area contributed by atoms with E-state index in [1.807, 2.05) is 0 Å². The average Bonchev–Trinajstić information content (AvgIpc) is 3.43. The first-order chi connectivity index (χ1) is 12.2. The second-order valence-corrected chi connectivity index (χ2v) is 7.35. The number of nitrogens with zero attached hydrogens (tertiary/aromatic N) is 1. The molecular weight excluding hydrogens is 310 g/mol. The minimum atomic E-state index is 0.267. The molecule has 0 bridgehead atoms. The Morgan fingerprint density at radius 2 is 1.96 bits per heavy atom. The van der Waals surface area contributed by atoms with Gasteiger partial charge >= 0.3 is 0 Å². The number of methoxy groups -OCH3 is 1. The van der Waals surface area contributed by atoms with E-state index in [1.165, 1.54) is 35.3 Å². The number of rotatable bonds is 3. The Hall–Kier alpha value is -2.00. The van der Waals surface area contributed by atoms with Crippen LogP contribution >= 0.6 is 0 Å². The van der Waals surface area contributed by atoms with Crippen LogP contribution in [0.25, 0.3) is 0 Å². The third-order valence-electron chi connectivity index (χ3n) is 5.37. The van der Waals surface area contributed by atoms with E-state index in [-0.39, 0.29) is 6.10 Å². The molecule has 3 heteroatoms. The van der Waals surface area contributed by atoms with Gasteiger partial charge in [-0.25, -0.2) is 0 Å². The van der Waals surface area contributed by atoms with E-state index < -0.39 is 0 Å². The topological polar surface area (TPSA) is 21.7 Å². The summed E-state index contributed by atoms with van der Waals surface area (Å²) >= 11 is 0. The van der Waals surface area contributed by atoms with E-state index in [2.05, 4.69) is 55.1 Å². The minimum Gasteiger partial charge on any atom is -0.496 e. The highest BCUT2D eigenvalue weighted by Gasteiger charge is 2.26. The zero-order chi connectivity index (χ0) is 17.4. The van der Waals surface area contributed by atoms with Gasteiger partial charge in [-0.3, -0.25) is 0 Å². The summed E-state index contributed by atoms with van der Waals surface area (Å²) in [5.74, 6) is 1.71. The lowest BCUT2D eigenvalue weighted by Gasteiger charge is -2.32. The van der Waals surface area contributed by atoms with Gasteiger partial charge in [0.2, 0.25) is 0 Å². The fraction of sp³-hybridized carbons (Fsp3) is 0.455. The van der Waals surface area contributed by atoms with Crippen molar-refractivity contribution in [2.75, 3.05) is 25.2 Å². The standard InChI is InChI=1S/C22H27NO2/c1-15-4-8-20(14-22(15)24-3)23-10-11-25-16(2)12-19-13-18(17-5-6-17)7-9-21(19)23/h4,7-9,13-14,16-17H,5-6,10-12H2,1-3H3. The Labute approximate surface area is 150 Å². The maximum absolute atomic E-state index is 6.01. The monoisotopic (exact) mass is 337 g/mol.